The number of esters is 1. The van der Waals surface area contributed by atoms with Crippen molar-refractivity contribution in [3.8, 4) is 0 Å². The van der Waals surface area contributed by atoms with E-state index in [4.69, 9.17) is 4.74 Å². The molecule has 152 valence electrons. The Bertz CT molecular complexity index is 388. The summed E-state index contributed by atoms with van der Waals surface area (Å²) in [5.74, 6) is -0.106. The van der Waals surface area contributed by atoms with Crippen molar-refractivity contribution in [2.45, 2.75) is 103 Å². The first-order valence-corrected chi connectivity index (χ1v) is 10.3. The average molecular weight is 367 g/mol. The number of rotatable bonds is 17. The minimum absolute atomic E-state index is 0.106. The summed E-state index contributed by atoms with van der Waals surface area (Å²) in [7, 11) is 1.46. The molecule has 0 aromatic carbocycles. The zero-order chi connectivity index (χ0) is 19.9. The molecule has 0 radical (unpaired) electrons. The Balaban J connectivity index is 3.58. The van der Waals surface area contributed by atoms with Crippen LogP contribution in [-0.4, -0.2) is 23.8 Å². The minimum atomic E-state index is -0.637. The van der Waals surface area contributed by atoms with Crippen molar-refractivity contribution in [1.82, 2.24) is 0 Å². The maximum Gasteiger partial charge on any atom is 0.311 e. The van der Waals surface area contributed by atoms with Gasteiger partial charge in [-0.1, -0.05) is 69.9 Å². The van der Waals surface area contributed by atoms with Crippen LogP contribution in [0.25, 0.3) is 0 Å². The number of unbranched alkanes of at least 4 members (excludes halogenated alkanes) is 8. The van der Waals surface area contributed by atoms with Gasteiger partial charge in [0.2, 0.25) is 0 Å². The van der Waals surface area contributed by atoms with Gasteiger partial charge in [-0.25, -0.2) is 0 Å². The molecule has 3 nitrogen and oxygen atoms in total. The van der Waals surface area contributed by atoms with E-state index in [0.717, 1.165) is 25.7 Å². The van der Waals surface area contributed by atoms with Gasteiger partial charge >= 0.3 is 5.97 Å². The van der Waals surface area contributed by atoms with Gasteiger partial charge in [0.05, 0.1) is 18.1 Å². The summed E-state index contributed by atoms with van der Waals surface area (Å²) < 4.78 is 4.84. The highest BCUT2D eigenvalue weighted by molar-refractivity contribution is 5.75. The smallest absolute Gasteiger partial charge is 0.311 e. The molecule has 0 bridgehead atoms. The highest BCUT2D eigenvalue weighted by atomic mass is 16.5. The van der Waals surface area contributed by atoms with Crippen LogP contribution in [0.2, 0.25) is 0 Å². The molecular weight excluding hydrogens is 324 g/mol. The lowest BCUT2D eigenvalue weighted by atomic mass is 9.87. The SMILES string of the molecule is C=CCC(O)(CC=C)CCCCCCCCCCCC(C)(C)C(=O)OC. The monoisotopic (exact) mass is 366 g/mol. The molecule has 1 N–H and O–H groups in total. The van der Waals surface area contributed by atoms with E-state index >= 15 is 0 Å². The maximum absolute atomic E-state index is 11.6. The Morgan fingerprint density at radius 1 is 0.846 bits per heavy atom. The lowest BCUT2D eigenvalue weighted by Crippen LogP contribution is -2.26. The molecule has 0 heterocycles. The Morgan fingerprint density at radius 3 is 1.62 bits per heavy atom. The van der Waals surface area contributed by atoms with Crippen molar-refractivity contribution < 1.29 is 14.6 Å². The van der Waals surface area contributed by atoms with Gasteiger partial charge in [0.1, 0.15) is 0 Å². The third-order valence-electron chi connectivity index (χ3n) is 5.23. The topological polar surface area (TPSA) is 46.5 Å². The number of hydrogen-bond acceptors (Lipinski definition) is 3. The van der Waals surface area contributed by atoms with Crippen molar-refractivity contribution in [1.29, 1.82) is 0 Å². The van der Waals surface area contributed by atoms with Gasteiger partial charge in [0.15, 0.2) is 0 Å². The van der Waals surface area contributed by atoms with Crippen LogP contribution in [0, 0.1) is 5.41 Å². The second kappa shape index (κ2) is 14.0. The molecule has 0 fully saturated rings. The van der Waals surface area contributed by atoms with Crippen molar-refractivity contribution in [3.63, 3.8) is 0 Å². The van der Waals surface area contributed by atoms with E-state index in [1.165, 1.54) is 52.1 Å². The molecule has 0 unspecified atom stereocenters. The quantitative estimate of drug-likeness (QED) is 0.185. The fraction of sp³-hybridized carbons (Fsp3) is 0.783. The standard InChI is InChI=1S/C23H42O3/c1-6-17-23(25,18-7-2)20-16-14-12-10-8-9-11-13-15-19-22(3,4)21(24)26-5/h6-7,25H,1-2,8-20H2,3-5H3. The number of ether oxygens (including phenoxy) is 1. The zero-order valence-corrected chi connectivity index (χ0v) is 17.5. The Kier molecular flexibility index (Phi) is 13.4. The molecule has 0 atom stereocenters. The number of hydrogen-bond donors (Lipinski definition) is 1. The normalized spacial score (nSPS) is 12.0. The molecule has 3 heteroatoms. The fourth-order valence-corrected chi connectivity index (χ4v) is 3.46. The lowest BCUT2D eigenvalue weighted by molar-refractivity contribution is -0.151. The summed E-state index contributed by atoms with van der Waals surface area (Å²) in [5.41, 5.74) is -0.991. The van der Waals surface area contributed by atoms with E-state index in [-0.39, 0.29) is 11.4 Å². The molecule has 0 aliphatic carbocycles. The van der Waals surface area contributed by atoms with Gasteiger partial charge < -0.3 is 9.84 Å². The van der Waals surface area contributed by atoms with E-state index in [2.05, 4.69) is 13.2 Å². The number of carbonyl (C=O) groups is 1. The summed E-state index contributed by atoms with van der Waals surface area (Å²) in [4.78, 5) is 11.6. The molecule has 0 amide bonds. The van der Waals surface area contributed by atoms with Crippen LogP contribution in [0.15, 0.2) is 25.3 Å². The Hall–Kier alpha value is -1.09. The van der Waals surface area contributed by atoms with Gasteiger partial charge in [0.25, 0.3) is 0 Å². The second-order valence-corrected chi connectivity index (χ2v) is 8.27. The molecule has 0 spiro atoms. The predicted molar refractivity (Wildman–Crippen MR) is 111 cm³/mol. The molecule has 0 rings (SSSR count). The molecule has 0 saturated heterocycles. The summed E-state index contributed by atoms with van der Waals surface area (Å²) in [6.45, 7) is 11.4. The largest absolute Gasteiger partial charge is 0.469 e. The molecule has 0 aromatic rings. The Morgan fingerprint density at radius 2 is 1.23 bits per heavy atom. The third kappa shape index (κ3) is 11.5. The van der Waals surface area contributed by atoms with Crippen LogP contribution in [-0.2, 0) is 9.53 Å². The van der Waals surface area contributed by atoms with Crippen molar-refractivity contribution in [2.75, 3.05) is 7.11 Å². The second-order valence-electron chi connectivity index (χ2n) is 8.27. The number of methoxy groups -OCH3 is 1. The highest BCUT2D eigenvalue weighted by Gasteiger charge is 2.27. The molecular formula is C23H42O3. The average Bonchev–Trinajstić information content (AvgIpc) is 2.59. The molecule has 0 saturated carbocycles. The first kappa shape index (κ1) is 24.9. The van der Waals surface area contributed by atoms with Crippen molar-refractivity contribution in [3.05, 3.63) is 25.3 Å². The number of aliphatic hydroxyl groups is 1. The van der Waals surface area contributed by atoms with Gasteiger partial charge in [-0.15, -0.1) is 13.2 Å². The van der Waals surface area contributed by atoms with Crippen LogP contribution in [0.4, 0.5) is 0 Å². The predicted octanol–water partition coefficient (Wildman–Crippen LogP) is 6.36. The van der Waals surface area contributed by atoms with Crippen molar-refractivity contribution in [2.24, 2.45) is 5.41 Å². The van der Waals surface area contributed by atoms with Crippen LogP contribution in [0.1, 0.15) is 97.3 Å². The van der Waals surface area contributed by atoms with Crippen LogP contribution < -0.4 is 0 Å². The van der Waals surface area contributed by atoms with Gasteiger partial charge in [-0.05, 0) is 39.5 Å². The van der Waals surface area contributed by atoms with E-state index < -0.39 is 5.60 Å². The van der Waals surface area contributed by atoms with E-state index in [1.807, 2.05) is 13.8 Å². The third-order valence-corrected chi connectivity index (χ3v) is 5.23. The summed E-state index contributed by atoms with van der Waals surface area (Å²) >= 11 is 0. The molecule has 0 aromatic heterocycles. The number of carbonyl (C=O) groups excluding carboxylic acids is 1. The fourth-order valence-electron chi connectivity index (χ4n) is 3.46. The molecule has 0 aliphatic heterocycles. The molecule has 0 aliphatic rings. The van der Waals surface area contributed by atoms with Crippen molar-refractivity contribution >= 4 is 5.97 Å². The minimum Gasteiger partial charge on any atom is -0.469 e. The van der Waals surface area contributed by atoms with Gasteiger partial charge in [-0.2, -0.15) is 0 Å². The van der Waals surface area contributed by atoms with E-state index in [0.29, 0.717) is 12.8 Å². The molecule has 26 heavy (non-hydrogen) atoms. The summed E-state index contributed by atoms with van der Waals surface area (Å²) in [5, 5.41) is 10.5. The highest BCUT2D eigenvalue weighted by Crippen LogP contribution is 2.26. The lowest BCUT2D eigenvalue weighted by Gasteiger charge is -2.25. The van der Waals surface area contributed by atoms with Crippen LogP contribution >= 0.6 is 0 Å². The van der Waals surface area contributed by atoms with Gasteiger partial charge in [-0.3, -0.25) is 4.79 Å². The summed E-state index contributed by atoms with van der Waals surface area (Å²) in [6.07, 6.45) is 17.5. The first-order valence-electron chi connectivity index (χ1n) is 10.3. The zero-order valence-electron chi connectivity index (χ0n) is 17.5. The van der Waals surface area contributed by atoms with Gasteiger partial charge in [0, 0.05) is 0 Å². The van der Waals surface area contributed by atoms with E-state index in [1.54, 1.807) is 12.2 Å². The Labute approximate surface area is 161 Å². The first-order chi connectivity index (χ1) is 12.3. The van der Waals surface area contributed by atoms with E-state index in [9.17, 15) is 9.90 Å². The van der Waals surface area contributed by atoms with Crippen LogP contribution in [0.3, 0.4) is 0 Å². The maximum atomic E-state index is 11.6. The summed E-state index contributed by atoms with van der Waals surface area (Å²) in [6, 6.07) is 0. The van der Waals surface area contributed by atoms with Crippen LogP contribution in [0.5, 0.6) is 0 Å².